The molecule has 4 heteroatoms. The lowest BCUT2D eigenvalue weighted by Gasteiger charge is -2.02. The van der Waals surface area contributed by atoms with Crippen LogP contribution < -0.4 is 4.80 Å². The third kappa shape index (κ3) is 3.07. The van der Waals surface area contributed by atoms with Gasteiger partial charge in [0.25, 0.3) is 0 Å². The predicted molar refractivity (Wildman–Crippen MR) is 93.4 cm³/mol. The highest BCUT2D eigenvalue weighted by Gasteiger charge is 1.99. The van der Waals surface area contributed by atoms with E-state index in [2.05, 4.69) is 64.0 Å². The quantitative estimate of drug-likeness (QED) is 0.656. The molecule has 0 aliphatic rings. The third-order valence-electron chi connectivity index (χ3n) is 3.38. The van der Waals surface area contributed by atoms with Crippen LogP contribution in [0.15, 0.2) is 70.1 Å². The molecule has 1 aromatic heterocycles. The fourth-order valence-electron chi connectivity index (χ4n) is 2.19. The Hall–Kier alpha value is -2.46. The molecule has 110 valence electrons. The number of hydrogen-bond donors (Lipinski definition) is 0. The number of hydrogen-bond acceptors (Lipinski definition) is 3. The highest BCUT2D eigenvalue weighted by molar-refractivity contribution is 7.07. The van der Waals surface area contributed by atoms with Gasteiger partial charge in [-0.05, 0) is 23.6 Å². The number of thiazole rings is 1. The maximum absolute atomic E-state index is 4.52. The van der Waals surface area contributed by atoms with Crippen LogP contribution in [0.4, 0.5) is 0 Å². The van der Waals surface area contributed by atoms with Crippen molar-refractivity contribution in [2.45, 2.75) is 6.92 Å². The molecule has 0 bridgehead atoms. The van der Waals surface area contributed by atoms with Gasteiger partial charge in [-0.3, -0.25) is 4.99 Å². The van der Waals surface area contributed by atoms with E-state index < -0.39 is 0 Å². The molecule has 0 aliphatic carbocycles. The van der Waals surface area contributed by atoms with Crippen LogP contribution >= 0.6 is 11.3 Å². The first-order valence-electron chi connectivity index (χ1n) is 7.08. The summed E-state index contributed by atoms with van der Waals surface area (Å²) < 4.78 is 1.86. The molecule has 0 amide bonds. The van der Waals surface area contributed by atoms with Crippen LogP contribution in [-0.4, -0.2) is 17.9 Å². The molecule has 3 aromatic rings. The zero-order valence-electron chi connectivity index (χ0n) is 12.6. The summed E-state index contributed by atoms with van der Waals surface area (Å²) >= 11 is 1.59. The van der Waals surface area contributed by atoms with Gasteiger partial charge in [0.2, 0.25) is 4.80 Å². The van der Waals surface area contributed by atoms with Gasteiger partial charge in [0.1, 0.15) is 0 Å². The van der Waals surface area contributed by atoms with Gasteiger partial charge in [0.15, 0.2) is 0 Å². The van der Waals surface area contributed by atoms with Crippen LogP contribution in [0.5, 0.6) is 0 Å². The molecule has 1 heterocycles. The minimum Gasteiger partial charge on any atom is -0.261 e. The van der Waals surface area contributed by atoms with Gasteiger partial charge >= 0.3 is 0 Å². The first kappa shape index (κ1) is 14.5. The Morgan fingerprint density at radius 3 is 2.32 bits per heavy atom. The Labute approximate surface area is 133 Å². The molecule has 0 aliphatic heterocycles. The van der Waals surface area contributed by atoms with Gasteiger partial charge in [-0.2, -0.15) is 5.10 Å². The molecule has 3 rings (SSSR count). The van der Waals surface area contributed by atoms with Crippen LogP contribution in [0.25, 0.3) is 11.1 Å². The molecular formula is C18H17N3S. The number of nitrogens with zero attached hydrogens (tertiary/aromatic N) is 3. The molecule has 0 unspecified atom stereocenters. The highest BCUT2D eigenvalue weighted by atomic mass is 32.1. The second kappa shape index (κ2) is 6.54. The van der Waals surface area contributed by atoms with Crippen molar-refractivity contribution in [2.24, 2.45) is 10.1 Å². The molecular weight excluding hydrogens is 290 g/mol. The lowest BCUT2D eigenvalue weighted by Crippen LogP contribution is -2.11. The Balaban J connectivity index is 1.85. The minimum atomic E-state index is 0.898. The minimum absolute atomic E-state index is 0.898. The normalized spacial score (nSPS) is 12.2. The molecule has 2 aromatic carbocycles. The molecule has 0 spiro atoms. The summed E-state index contributed by atoms with van der Waals surface area (Å²) in [7, 11) is 1.78. The van der Waals surface area contributed by atoms with E-state index in [1.165, 1.54) is 11.1 Å². The fraction of sp³-hybridized carbons (Fsp3) is 0.111. The van der Waals surface area contributed by atoms with E-state index in [4.69, 9.17) is 0 Å². The summed E-state index contributed by atoms with van der Waals surface area (Å²) in [6.07, 6.45) is 1.86. The lowest BCUT2D eigenvalue weighted by molar-refractivity contribution is 0.805. The van der Waals surface area contributed by atoms with Gasteiger partial charge in [-0.15, -0.1) is 11.3 Å². The van der Waals surface area contributed by atoms with Crippen LogP contribution in [0, 0.1) is 6.92 Å². The van der Waals surface area contributed by atoms with E-state index in [0.717, 1.165) is 16.1 Å². The Morgan fingerprint density at radius 1 is 0.955 bits per heavy atom. The summed E-state index contributed by atoms with van der Waals surface area (Å²) in [5.74, 6) is 0. The first-order chi connectivity index (χ1) is 10.8. The third-order valence-corrected chi connectivity index (χ3v) is 4.41. The van der Waals surface area contributed by atoms with Crippen LogP contribution in [0.3, 0.4) is 0 Å². The van der Waals surface area contributed by atoms with E-state index in [0.29, 0.717) is 0 Å². The Morgan fingerprint density at radius 2 is 1.64 bits per heavy atom. The highest BCUT2D eigenvalue weighted by Crippen LogP contribution is 2.18. The van der Waals surface area contributed by atoms with Crippen molar-refractivity contribution < 1.29 is 0 Å². The second-order valence-corrected chi connectivity index (χ2v) is 5.76. The average molecular weight is 307 g/mol. The summed E-state index contributed by atoms with van der Waals surface area (Å²) in [4.78, 5) is 5.12. The SMILES string of the molecule is CN=c1scc(C)n1N=Cc1ccc(-c2ccccc2)cc1. The van der Waals surface area contributed by atoms with Crippen molar-refractivity contribution in [3.05, 3.63) is 76.0 Å². The fourth-order valence-corrected chi connectivity index (χ4v) is 2.97. The van der Waals surface area contributed by atoms with E-state index in [9.17, 15) is 0 Å². The monoisotopic (exact) mass is 307 g/mol. The molecule has 0 radical (unpaired) electrons. The molecule has 0 saturated carbocycles. The van der Waals surface area contributed by atoms with Crippen molar-refractivity contribution in [2.75, 3.05) is 7.05 Å². The largest absolute Gasteiger partial charge is 0.261 e. The van der Waals surface area contributed by atoms with Gasteiger partial charge in [0, 0.05) is 12.4 Å². The van der Waals surface area contributed by atoms with E-state index in [1.807, 2.05) is 23.9 Å². The topological polar surface area (TPSA) is 29.6 Å². The summed E-state index contributed by atoms with van der Waals surface area (Å²) in [6.45, 7) is 2.03. The molecule has 0 saturated heterocycles. The molecule has 0 fully saturated rings. The maximum Gasteiger partial charge on any atom is 0.205 e. The molecule has 0 atom stereocenters. The van der Waals surface area contributed by atoms with E-state index in [1.54, 1.807) is 18.4 Å². The summed E-state index contributed by atoms with van der Waals surface area (Å²) in [5, 5.41) is 6.57. The lowest BCUT2D eigenvalue weighted by atomic mass is 10.0. The van der Waals surface area contributed by atoms with E-state index in [-0.39, 0.29) is 0 Å². The summed E-state index contributed by atoms with van der Waals surface area (Å²) in [5.41, 5.74) is 4.59. The van der Waals surface area contributed by atoms with Crippen molar-refractivity contribution in [3.63, 3.8) is 0 Å². The number of rotatable bonds is 3. The van der Waals surface area contributed by atoms with Gasteiger partial charge in [0.05, 0.1) is 11.9 Å². The average Bonchev–Trinajstić information content (AvgIpc) is 2.94. The van der Waals surface area contributed by atoms with Gasteiger partial charge in [-0.1, -0.05) is 54.6 Å². The van der Waals surface area contributed by atoms with Crippen LogP contribution in [0.2, 0.25) is 0 Å². The summed E-state index contributed by atoms with van der Waals surface area (Å²) in [6, 6.07) is 18.8. The zero-order chi connectivity index (χ0) is 15.4. The van der Waals surface area contributed by atoms with Crippen molar-refractivity contribution in [1.29, 1.82) is 0 Å². The van der Waals surface area contributed by atoms with Crippen molar-refractivity contribution >= 4 is 17.6 Å². The molecule has 0 N–H and O–H groups in total. The van der Waals surface area contributed by atoms with Crippen LogP contribution in [-0.2, 0) is 0 Å². The predicted octanol–water partition coefficient (Wildman–Crippen LogP) is 3.94. The molecule has 22 heavy (non-hydrogen) atoms. The number of benzene rings is 2. The van der Waals surface area contributed by atoms with Crippen LogP contribution in [0.1, 0.15) is 11.3 Å². The van der Waals surface area contributed by atoms with E-state index >= 15 is 0 Å². The Bertz CT molecular complexity index is 840. The van der Waals surface area contributed by atoms with Gasteiger partial charge < -0.3 is 0 Å². The van der Waals surface area contributed by atoms with Gasteiger partial charge in [-0.25, -0.2) is 4.68 Å². The number of aromatic nitrogens is 1. The smallest absolute Gasteiger partial charge is 0.205 e. The first-order valence-corrected chi connectivity index (χ1v) is 7.96. The maximum atomic E-state index is 4.52. The van der Waals surface area contributed by atoms with Crippen molar-refractivity contribution in [3.8, 4) is 11.1 Å². The Kier molecular flexibility index (Phi) is 4.30. The molecule has 3 nitrogen and oxygen atoms in total. The number of aryl methyl sites for hydroxylation is 1. The van der Waals surface area contributed by atoms with Crippen molar-refractivity contribution in [1.82, 2.24) is 4.68 Å². The zero-order valence-corrected chi connectivity index (χ0v) is 13.4. The second-order valence-electron chi connectivity index (χ2n) is 4.93. The standard InChI is InChI=1S/C18H17N3S/c1-14-13-22-18(19-2)21(14)20-12-15-8-10-17(11-9-15)16-6-4-3-5-7-16/h3-13H,1-2H3.